The van der Waals surface area contributed by atoms with Gasteiger partial charge in [-0.05, 0) is 36.4 Å². The Kier molecular flexibility index (Phi) is 2.30. The third kappa shape index (κ3) is 1.62. The summed E-state index contributed by atoms with van der Waals surface area (Å²) in [5, 5.41) is 17.4. The number of hydrogen-bond donors (Lipinski definition) is 1. The van der Waals surface area contributed by atoms with Crippen molar-refractivity contribution >= 4 is 11.9 Å². The molecule has 0 aliphatic carbocycles. The molecule has 1 N–H and O–H groups in total. The molecule has 18 heavy (non-hydrogen) atoms. The molecule has 5 heteroatoms. The maximum absolute atomic E-state index is 10.8. The van der Waals surface area contributed by atoms with Gasteiger partial charge in [-0.15, -0.1) is 10.2 Å². The van der Waals surface area contributed by atoms with Crippen LogP contribution >= 0.6 is 0 Å². The van der Waals surface area contributed by atoms with Crippen LogP contribution in [0.5, 0.6) is 5.75 Å². The van der Waals surface area contributed by atoms with Crippen LogP contribution in [0, 0.1) is 0 Å². The molecular formula is C13H9N3O2. The van der Waals surface area contributed by atoms with E-state index in [4.69, 9.17) is 0 Å². The normalized spacial score (nSPS) is 10.7. The molecule has 2 aromatic heterocycles. The van der Waals surface area contributed by atoms with Gasteiger partial charge in [0.15, 0.2) is 17.8 Å². The number of aldehydes is 1. The fourth-order valence-electron chi connectivity index (χ4n) is 1.78. The van der Waals surface area contributed by atoms with Crippen molar-refractivity contribution in [3.63, 3.8) is 0 Å². The zero-order valence-electron chi connectivity index (χ0n) is 9.32. The molecule has 0 spiro atoms. The number of aromatic nitrogens is 3. The second kappa shape index (κ2) is 3.96. The molecule has 0 bridgehead atoms. The summed E-state index contributed by atoms with van der Waals surface area (Å²) >= 11 is 0. The predicted molar refractivity (Wildman–Crippen MR) is 65.5 cm³/mol. The first-order valence-electron chi connectivity index (χ1n) is 5.37. The molecular weight excluding hydrogens is 230 g/mol. The zero-order chi connectivity index (χ0) is 12.5. The van der Waals surface area contributed by atoms with E-state index in [1.54, 1.807) is 47.0 Å². The van der Waals surface area contributed by atoms with Crippen molar-refractivity contribution < 1.29 is 9.90 Å². The van der Waals surface area contributed by atoms with Gasteiger partial charge >= 0.3 is 0 Å². The van der Waals surface area contributed by atoms with Crippen LogP contribution < -0.4 is 0 Å². The molecule has 2 heterocycles. The molecule has 1 aromatic carbocycles. The summed E-state index contributed by atoms with van der Waals surface area (Å²) in [5.74, 6) is 0.829. The lowest BCUT2D eigenvalue weighted by Crippen LogP contribution is -1.91. The summed E-state index contributed by atoms with van der Waals surface area (Å²) in [6, 6.07) is 10.1. The number of pyridine rings is 1. The van der Waals surface area contributed by atoms with E-state index in [2.05, 4.69) is 10.2 Å². The van der Waals surface area contributed by atoms with Gasteiger partial charge in [0, 0.05) is 17.3 Å². The second-order valence-electron chi connectivity index (χ2n) is 3.88. The van der Waals surface area contributed by atoms with Crippen molar-refractivity contribution in [1.29, 1.82) is 0 Å². The third-order valence-corrected chi connectivity index (χ3v) is 2.69. The van der Waals surface area contributed by atoms with Crippen LogP contribution in [0.2, 0.25) is 0 Å². The third-order valence-electron chi connectivity index (χ3n) is 2.69. The van der Waals surface area contributed by atoms with Crippen molar-refractivity contribution in [3.8, 4) is 17.1 Å². The number of nitrogens with zero attached hydrogens (tertiary/aromatic N) is 3. The number of fused-ring (bicyclic) bond motifs is 1. The Morgan fingerprint density at radius 1 is 1.06 bits per heavy atom. The summed E-state index contributed by atoms with van der Waals surface area (Å²) in [7, 11) is 0. The largest absolute Gasteiger partial charge is 0.508 e. The van der Waals surface area contributed by atoms with Crippen LogP contribution in [0.1, 0.15) is 10.4 Å². The maximum Gasteiger partial charge on any atom is 0.168 e. The average molecular weight is 239 g/mol. The van der Waals surface area contributed by atoms with Crippen LogP contribution in [-0.4, -0.2) is 26.0 Å². The average Bonchev–Trinajstić information content (AvgIpc) is 2.82. The van der Waals surface area contributed by atoms with E-state index in [0.29, 0.717) is 17.0 Å². The van der Waals surface area contributed by atoms with Gasteiger partial charge in [0.05, 0.1) is 0 Å². The summed E-state index contributed by atoms with van der Waals surface area (Å²) in [5.41, 5.74) is 2.05. The number of carbonyl (C=O) groups excluding carboxylic acids is 1. The zero-order valence-corrected chi connectivity index (χ0v) is 9.32. The summed E-state index contributed by atoms with van der Waals surface area (Å²) in [6.45, 7) is 0. The monoisotopic (exact) mass is 239 g/mol. The van der Waals surface area contributed by atoms with Crippen LogP contribution in [0.15, 0.2) is 42.6 Å². The number of carbonyl (C=O) groups is 1. The number of rotatable bonds is 2. The minimum atomic E-state index is 0.196. The fraction of sp³-hybridized carbons (Fsp3) is 0. The first-order chi connectivity index (χ1) is 8.78. The lowest BCUT2D eigenvalue weighted by molar-refractivity contribution is 0.112. The minimum Gasteiger partial charge on any atom is -0.508 e. The van der Waals surface area contributed by atoms with Gasteiger partial charge in [0.25, 0.3) is 0 Å². The van der Waals surface area contributed by atoms with E-state index >= 15 is 0 Å². The first-order valence-corrected chi connectivity index (χ1v) is 5.37. The smallest absolute Gasteiger partial charge is 0.168 e. The second-order valence-corrected chi connectivity index (χ2v) is 3.88. The van der Waals surface area contributed by atoms with Crippen LogP contribution in [0.3, 0.4) is 0 Å². The maximum atomic E-state index is 10.8. The molecule has 88 valence electrons. The molecule has 0 saturated heterocycles. The van der Waals surface area contributed by atoms with Gasteiger partial charge in [-0.2, -0.15) is 0 Å². The van der Waals surface area contributed by atoms with Crippen LogP contribution in [-0.2, 0) is 0 Å². The molecule has 0 atom stereocenters. The van der Waals surface area contributed by atoms with Crippen LogP contribution in [0.25, 0.3) is 17.0 Å². The molecule has 0 aliphatic heterocycles. The number of phenols is 1. The number of hydrogen-bond acceptors (Lipinski definition) is 4. The first kappa shape index (κ1) is 10.5. The van der Waals surface area contributed by atoms with Gasteiger partial charge in [-0.3, -0.25) is 9.20 Å². The minimum absolute atomic E-state index is 0.196. The molecule has 0 radical (unpaired) electrons. The Hall–Kier alpha value is -2.69. The Morgan fingerprint density at radius 2 is 1.83 bits per heavy atom. The van der Waals surface area contributed by atoms with E-state index in [1.807, 2.05) is 0 Å². The summed E-state index contributed by atoms with van der Waals surface area (Å²) < 4.78 is 1.75. The standard InChI is InChI=1S/C13H9N3O2/c17-8-9-1-6-12-14-15-13(16(12)7-9)10-2-4-11(18)5-3-10/h1-8,18H. The highest BCUT2D eigenvalue weighted by Crippen LogP contribution is 2.21. The Bertz CT molecular complexity index is 717. The number of phenolic OH excluding ortho intramolecular Hbond substituents is 1. The van der Waals surface area contributed by atoms with Gasteiger partial charge < -0.3 is 5.11 Å². The van der Waals surface area contributed by atoms with E-state index in [0.717, 1.165) is 11.8 Å². The quantitative estimate of drug-likeness (QED) is 0.694. The fourth-order valence-corrected chi connectivity index (χ4v) is 1.78. The molecule has 0 saturated carbocycles. The lowest BCUT2D eigenvalue weighted by atomic mass is 10.2. The van der Waals surface area contributed by atoms with E-state index in [1.165, 1.54) is 0 Å². The van der Waals surface area contributed by atoms with Gasteiger partial charge in [-0.1, -0.05) is 0 Å². The molecule has 3 rings (SSSR count). The summed E-state index contributed by atoms with van der Waals surface area (Å²) in [6.07, 6.45) is 2.46. The van der Waals surface area contributed by atoms with Crippen LogP contribution in [0.4, 0.5) is 0 Å². The van der Waals surface area contributed by atoms with E-state index in [9.17, 15) is 9.90 Å². The van der Waals surface area contributed by atoms with Crippen molar-refractivity contribution in [1.82, 2.24) is 14.6 Å². The van der Waals surface area contributed by atoms with Gasteiger partial charge in [0.1, 0.15) is 5.75 Å². The predicted octanol–water partition coefficient (Wildman–Crippen LogP) is 1.91. The highest BCUT2D eigenvalue weighted by atomic mass is 16.3. The topological polar surface area (TPSA) is 67.5 Å². The van der Waals surface area contributed by atoms with Gasteiger partial charge in [-0.25, -0.2) is 0 Å². The highest BCUT2D eigenvalue weighted by molar-refractivity contribution is 5.75. The Morgan fingerprint density at radius 3 is 2.56 bits per heavy atom. The molecule has 0 fully saturated rings. The molecule has 3 aromatic rings. The Balaban J connectivity index is 2.22. The van der Waals surface area contributed by atoms with Crippen molar-refractivity contribution in [3.05, 3.63) is 48.2 Å². The molecule has 0 aliphatic rings. The van der Waals surface area contributed by atoms with Crippen molar-refractivity contribution in [2.24, 2.45) is 0 Å². The Labute approximate surface area is 102 Å². The number of benzene rings is 1. The molecule has 0 amide bonds. The summed E-state index contributed by atoms with van der Waals surface area (Å²) in [4.78, 5) is 10.8. The van der Waals surface area contributed by atoms with Crippen molar-refractivity contribution in [2.75, 3.05) is 0 Å². The van der Waals surface area contributed by atoms with Crippen molar-refractivity contribution in [2.45, 2.75) is 0 Å². The SMILES string of the molecule is O=Cc1ccc2nnc(-c3ccc(O)cc3)n2c1. The van der Waals surface area contributed by atoms with E-state index < -0.39 is 0 Å². The highest BCUT2D eigenvalue weighted by Gasteiger charge is 2.08. The molecule has 0 unspecified atom stereocenters. The number of aromatic hydroxyl groups is 1. The molecule has 5 nitrogen and oxygen atoms in total. The lowest BCUT2D eigenvalue weighted by Gasteiger charge is -2.00. The van der Waals surface area contributed by atoms with E-state index in [-0.39, 0.29) is 5.75 Å². The van der Waals surface area contributed by atoms with Gasteiger partial charge in [0.2, 0.25) is 0 Å².